The zero-order valence-corrected chi connectivity index (χ0v) is 11.4. The number of hydrogen-bond acceptors (Lipinski definition) is 2. The number of alkyl halides is 6. The van der Waals surface area contributed by atoms with Crippen LogP contribution in [0.4, 0.5) is 36.8 Å². The first-order valence-electron chi connectivity index (χ1n) is 5.03. The van der Waals surface area contributed by atoms with Gasteiger partial charge in [0.05, 0.1) is 5.69 Å². The highest BCUT2D eigenvalue weighted by Gasteiger charge is 2.71. The third-order valence-electron chi connectivity index (χ3n) is 2.47. The normalized spacial score (nSPS) is 13.1. The van der Waals surface area contributed by atoms with Crippen LogP contribution in [0.2, 0.25) is 0 Å². The van der Waals surface area contributed by atoms with E-state index in [2.05, 4.69) is 15.9 Å². The first kappa shape index (κ1) is 17.6. The van der Waals surface area contributed by atoms with E-state index in [1.165, 1.54) is 0 Å². The number of primary amides is 1. The predicted octanol–water partition coefficient (Wildman–Crippen LogP) is 3.25. The lowest BCUT2D eigenvalue weighted by Crippen LogP contribution is -2.53. The molecule has 4 nitrogen and oxygen atoms in total. The summed E-state index contributed by atoms with van der Waals surface area (Å²) in [5, 5.41) is 11.1. The molecule has 0 saturated heterocycles. The molecule has 0 heterocycles. The van der Waals surface area contributed by atoms with Crippen molar-refractivity contribution in [3.63, 3.8) is 0 Å². The van der Waals surface area contributed by atoms with Crippen LogP contribution in [0.3, 0.4) is 0 Å². The maximum atomic E-state index is 12.7. The highest BCUT2D eigenvalue weighted by atomic mass is 79.9. The van der Waals surface area contributed by atoms with Crippen molar-refractivity contribution >= 4 is 27.6 Å². The standard InChI is InChI=1S/C10H7BrF6N2O2/c11-5-3-4(1-2-6(5)19-7(18)20)8(21,9(12,13)14)10(15,16)17/h1-3,21H,(H3,18,19,20). The molecule has 118 valence electrons. The van der Waals surface area contributed by atoms with Crippen molar-refractivity contribution in [2.24, 2.45) is 5.73 Å². The fourth-order valence-corrected chi connectivity index (χ4v) is 1.94. The van der Waals surface area contributed by atoms with Crippen LogP contribution in [0.25, 0.3) is 0 Å². The number of nitrogens with two attached hydrogens (primary N) is 1. The largest absolute Gasteiger partial charge is 0.430 e. The van der Waals surface area contributed by atoms with Gasteiger partial charge in [-0.05, 0) is 28.1 Å². The zero-order valence-electron chi connectivity index (χ0n) is 9.81. The SMILES string of the molecule is NC(=O)Nc1ccc(C(O)(C(F)(F)F)C(F)(F)F)cc1Br. The molecule has 1 aromatic carbocycles. The zero-order chi connectivity index (χ0) is 16.6. The molecule has 0 aromatic heterocycles. The van der Waals surface area contributed by atoms with Crippen LogP contribution < -0.4 is 11.1 Å². The summed E-state index contributed by atoms with van der Waals surface area (Å²) >= 11 is 2.69. The molecule has 0 spiro atoms. The van der Waals surface area contributed by atoms with Crippen molar-refractivity contribution in [1.29, 1.82) is 0 Å². The minimum absolute atomic E-state index is 0.155. The van der Waals surface area contributed by atoms with E-state index in [0.717, 1.165) is 6.07 Å². The van der Waals surface area contributed by atoms with Crippen LogP contribution in [0.5, 0.6) is 0 Å². The molecule has 21 heavy (non-hydrogen) atoms. The lowest BCUT2D eigenvalue weighted by molar-refractivity contribution is -0.376. The molecule has 1 aromatic rings. The van der Waals surface area contributed by atoms with Crippen molar-refractivity contribution in [2.45, 2.75) is 18.0 Å². The molecule has 0 fully saturated rings. The molecule has 0 atom stereocenters. The number of urea groups is 1. The topological polar surface area (TPSA) is 75.4 Å². The average molecular weight is 381 g/mol. The summed E-state index contributed by atoms with van der Waals surface area (Å²) in [5.41, 5.74) is -1.87. The van der Waals surface area contributed by atoms with Crippen LogP contribution in [0, 0.1) is 0 Å². The van der Waals surface area contributed by atoms with Gasteiger partial charge in [0, 0.05) is 10.0 Å². The Morgan fingerprint density at radius 1 is 1.14 bits per heavy atom. The Kier molecular flexibility index (Phi) is 4.49. The maximum absolute atomic E-state index is 12.7. The van der Waals surface area contributed by atoms with Gasteiger partial charge in [-0.3, -0.25) is 0 Å². The molecule has 0 aliphatic heterocycles. The Labute approximate surface area is 122 Å². The minimum Gasteiger partial charge on any atom is -0.369 e. The number of anilines is 1. The Hall–Kier alpha value is -1.49. The van der Waals surface area contributed by atoms with Gasteiger partial charge in [-0.15, -0.1) is 0 Å². The van der Waals surface area contributed by atoms with E-state index in [-0.39, 0.29) is 10.2 Å². The van der Waals surface area contributed by atoms with Crippen LogP contribution in [0.15, 0.2) is 22.7 Å². The molecule has 2 amide bonds. The second-order valence-corrected chi connectivity index (χ2v) is 4.74. The van der Waals surface area contributed by atoms with Gasteiger partial charge in [0.2, 0.25) is 0 Å². The van der Waals surface area contributed by atoms with Crippen LogP contribution in [-0.4, -0.2) is 23.5 Å². The molecule has 4 N–H and O–H groups in total. The van der Waals surface area contributed by atoms with E-state index >= 15 is 0 Å². The smallest absolute Gasteiger partial charge is 0.369 e. The summed E-state index contributed by atoms with van der Waals surface area (Å²) in [6.45, 7) is 0. The quantitative estimate of drug-likeness (QED) is 0.689. The third kappa shape index (κ3) is 3.23. The molecular formula is C10H7BrF6N2O2. The average Bonchev–Trinajstić information content (AvgIpc) is 2.27. The van der Waals surface area contributed by atoms with Gasteiger partial charge < -0.3 is 16.2 Å². The van der Waals surface area contributed by atoms with E-state index in [9.17, 15) is 36.2 Å². The summed E-state index contributed by atoms with van der Waals surface area (Å²) < 4.78 is 75.6. The van der Waals surface area contributed by atoms with Crippen LogP contribution >= 0.6 is 15.9 Å². The highest BCUT2D eigenvalue weighted by Crippen LogP contribution is 2.50. The number of amides is 2. The van der Waals surface area contributed by atoms with Crippen molar-refractivity contribution in [1.82, 2.24) is 0 Å². The number of carbonyl (C=O) groups excluding carboxylic acids is 1. The number of hydrogen-bond donors (Lipinski definition) is 3. The summed E-state index contributed by atoms with van der Waals surface area (Å²) in [4.78, 5) is 10.6. The number of carbonyl (C=O) groups is 1. The number of nitrogens with one attached hydrogen (secondary N) is 1. The Morgan fingerprint density at radius 3 is 1.95 bits per heavy atom. The molecule has 0 unspecified atom stereocenters. The molecule has 0 saturated carbocycles. The van der Waals surface area contributed by atoms with Gasteiger partial charge in [0.25, 0.3) is 5.60 Å². The highest BCUT2D eigenvalue weighted by molar-refractivity contribution is 9.10. The van der Waals surface area contributed by atoms with Gasteiger partial charge in [-0.2, -0.15) is 26.3 Å². The van der Waals surface area contributed by atoms with Crippen LogP contribution in [-0.2, 0) is 5.60 Å². The van der Waals surface area contributed by atoms with E-state index < -0.39 is 29.5 Å². The Balaban J connectivity index is 3.42. The molecular weight excluding hydrogens is 374 g/mol. The van der Waals surface area contributed by atoms with Gasteiger partial charge >= 0.3 is 18.4 Å². The summed E-state index contributed by atoms with van der Waals surface area (Å²) in [6, 6.07) is 0.459. The molecule has 0 aliphatic carbocycles. The van der Waals surface area contributed by atoms with E-state index in [1.54, 1.807) is 0 Å². The maximum Gasteiger partial charge on any atom is 0.430 e. The second-order valence-electron chi connectivity index (χ2n) is 3.89. The Bertz CT molecular complexity index is 543. The minimum atomic E-state index is -5.98. The Morgan fingerprint density at radius 2 is 1.62 bits per heavy atom. The fourth-order valence-electron chi connectivity index (χ4n) is 1.46. The van der Waals surface area contributed by atoms with Crippen molar-refractivity contribution in [2.75, 3.05) is 5.32 Å². The molecule has 11 heteroatoms. The summed E-state index contributed by atoms with van der Waals surface area (Å²) in [7, 11) is 0. The first-order chi connectivity index (χ1) is 9.30. The monoisotopic (exact) mass is 380 g/mol. The summed E-state index contributed by atoms with van der Waals surface area (Å²) in [6.07, 6.45) is -12.0. The number of benzene rings is 1. The van der Waals surface area contributed by atoms with Crippen molar-refractivity contribution < 1.29 is 36.2 Å². The lowest BCUT2D eigenvalue weighted by Gasteiger charge is -2.32. The van der Waals surface area contributed by atoms with Gasteiger partial charge in [-0.1, -0.05) is 6.07 Å². The van der Waals surface area contributed by atoms with Gasteiger partial charge in [0.1, 0.15) is 0 Å². The summed E-state index contributed by atoms with van der Waals surface area (Å²) in [5.74, 6) is 0. The van der Waals surface area contributed by atoms with Crippen LogP contribution in [0.1, 0.15) is 5.56 Å². The van der Waals surface area contributed by atoms with E-state index in [4.69, 9.17) is 5.73 Å². The molecule has 0 radical (unpaired) electrons. The number of halogens is 7. The van der Waals surface area contributed by atoms with Gasteiger partial charge in [0.15, 0.2) is 0 Å². The first-order valence-corrected chi connectivity index (χ1v) is 5.82. The van der Waals surface area contributed by atoms with E-state index in [1.807, 2.05) is 5.32 Å². The second kappa shape index (κ2) is 5.37. The number of rotatable bonds is 2. The lowest BCUT2D eigenvalue weighted by atomic mass is 9.92. The third-order valence-corrected chi connectivity index (χ3v) is 3.12. The number of aliphatic hydroxyl groups is 1. The van der Waals surface area contributed by atoms with E-state index in [0.29, 0.717) is 12.1 Å². The van der Waals surface area contributed by atoms with Crippen molar-refractivity contribution in [3.8, 4) is 0 Å². The van der Waals surface area contributed by atoms with Crippen molar-refractivity contribution in [3.05, 3.63) is 28.2 Å². The molecule has 1 rings (SSSR count). The molecule has 0 bridgehead atoms. The predicted molar refractivity (Wildman–Crippen MR) is 63.4 cm³/mol. The van der Waals surface area contributed by atoms with Gasteiger partial charge in [-0.25, -0.2) is 4.79 Å². The fraction of sp³-hybridized carbons (Fsp3) is 0.300. The molecule has 0 aliphatic rings.